The Hall–Kier alpha value is -0.440. The van der Waals surface area contributed by atoms with Crippen LogP contribution >= 0.6 is 34.8 Å². The molecular weight excluding hydrogens is 293 g/mol. The van der Waals surface area contributed by atoms with Crippen molar-refractivity contribution in [3.05, 3.63) is 33.8 Å². The average molecular weight is 309 g/mol. The molecule has 0 fully saturated rings. The zero-order valence-corrected chi connectivity index (χ0v) is 12.9. The van der Waals surface area contributed by atoms with Gasteiger partial charge in [0.05, 0.1) is 22.0 Å². The lowest BCUT2D eigenvalue weighted by Gasteiger charge is -2.34. The Kier molecular flexibility index (Phi) is 5.32. The van der Waals surface area contributed by atoms with Crippen LogP contribution in [0.1, 0.15) is 19.4 Å². The van der Waals surface area contributed by atoms with Crippen LogP contribution in [-0.2, 0) is 11.2 Å². The fraction of sp³-hybridized carbons (Fsp3) is 0.462. The third-order valence-corrected chi connectivity index (χ3v) is 4.34. The van der Waals surface area contributed by atoms with Gasteiger partial charge in [-0.05, 0) is 31.5 Å². The average Bonchev–Trinajstić information content (AvgIpc) is 2.32. The minimum Gasteiger partial charge on any atom is -0.339 e. The Morgan fingerprint density at radius 2 is 1.89 bits per heavy atom. The second-order valence-corrected chi connectivity index (χ2v) is 5.91. The van der Waals surface area contributed by atoms with Gasteiger partial charge in [0.2, 0.25) is 5.91 Å². The second kappa shape index (κ2) is 6.14. The van der Waals surface area contributed by atoms with E-state index in [0.29, 0.717) is 15.9 Å². The van der Waals surface area contributed by atoms with E-state index in [4.69, 9.17) is 34.8 Å². The summed E-state index contributed by atoms with van der Waals surface area (Å²) in [6.45, 7) is 3.85. The Morgan fingerprint density at radius 1 is 1.28 bits per heavy atom. The minimum absolute atomic E-state index is 0.000890. The normalized spacial score (nSPS) is 11.4. The van der Waals surface area contributed by atoms with Crippen LogP contribution in [0.4, 0.5) is 0 Å². The van der Waals surface area contributed by atoms with E-state index in [1.807, 2.05) is 13.8 Å². The number of likely N-dealkylation sites (N-methyl/N-ethyl adjacent to an activating group) is 1. The number of carbonyl (C=O) groups is 1. The molecule has 0 saturated carbocycles. The smallest absolute Gasteiger partial charge is 0.227 e. The quantitative estimate of drug-likeness (QED) is 0.770. The van der Waals surface area contributed by atoms with Gasteiger partial charge in [0, 0.05) is 12.9 Å². The van der Waals surface area contributed by atoms with Crippen molar-refractivity contribution >= 4 is 40.7 Å². The first kappa shape index (κ1) is 15.6. The van der Waals surface area contributed by atoms with Gasteiger partial charge >= 0.3 is 0 Å². The van der Waals surface area contributed by atoms with Crippen LogP contribution in [0.5, 0.6) is 0 Å². The van der Waals surface area contributed by atoms with Gasteiger partial charge in [-0.25, -0.2) is 0 Å². The van der Waals surface area contributed by atoms with Crippen LogP contribution in [0.3, 0.4) is 0 Å². The molecule has 0 N–H and O–H groups in total. The molecule has 0 unspecified atom stereocenters. The van der Waals surface area contributed by atoms with Crippen LogP contribution in [0.15, 0.2) is 18.2 Å². The van der Waals surface area contributed by atoms with Crippen LogP contribution in [-0.4, -0.2) is 29.3 Å². The largest absolute Gasteiger partial charge is 0.339 e. The topological polar surface area (TPSA) is 20.3 Å². The van der Waals surface area contributed by atoms with Crippen molar-refractivity contribution in [3.63, 3.8) is 0 Å². The maximum absolute atomic E-state index is 12.1. The third kappa shape index (κ3) is 3.78. The van der Waals surface area contributed by atoms with E-state index in [-0.39, 0.29) is 17.9 Å². The Morgan fingerprint density at radius 3 is 2.39 bits per heavy atom. The first-order valence-electron chi connectivity index (χ1n) is 5.54. The molecule has 0 spiro atoms. The summed E-state index contributed by atoms with van der Waals surface area (Å²) in [6, 6.07) is 5.20. The van der Waals surface area contributed by atoms with Gasteiger partial charge in [-0.3, -0.25) is 4.79 Å². The fourth-order valence-corrected chi connectivity index (χ4v) is 1.87. The van der Waals surface area contributed by atoms with Gasteiger partial charge in [-0.15, -0.1) is 11.6 Å². The van der Waals surface area contributed by atoms with Crippen molar-refractivity contribution in [3.8, 4) is 0 Å². The summed E-state index contributed by atoms with van der Waals surface area (Å²) in [5.41, 5.74) is 0.473. The third-order valence-electron chi connectivity index (χ3n) is 2.95. The standard InChI is InChI=1S/C13H16Cl3NO/c1-13(2,8-14)17(3)12(18)7-9-4-5-10(15)11(16)6-9/h4-6H,7-8H2,1-3H3. The summed E-state index contributed by atoms with van der Waals surface area (Å²) >= 11 is 17.6. The lowest BCUT2D eigenvalue weighted by molar-refractivity contribution is -0.133. The molecule has 1 aromatic rings. The highest BCUT2D eigenvalue weighted by molar-refractivity contribution is 6.42. The second-order valence-electron chi connectivity index (χ2n) is 4.82. The first-order valence-corrected chi connectivity index (χ1v) is 6.83. The number of alkyl halides is 1. The number of amides is 1. The SMILES string of the molecule is CN(C(=O)Cc1ccc(Cl)c(Cl)c1)C(C)(C)CCl. The molecule has 18 heavy (non-hydrogen) atoms. The first-order chi connectivity index (χ1) is 8.27. The molecule has 0 aliphatic heterocycles. The summed E-state index contributed by atoms with van der Waals surface area (Å²) in [5.74, 6) is 0.385. The highest BCUT2D eigenvalue weighted by Gasteiger charge is 2.26. The highest BCUT2D eigenvalue weighted by Crippen LogP contribution is 2.23. The van der Waals surface area contributed by atoms with E-state index in [1.165, 1.54) is 0 Å². The predicted octanol–water partition coefficient (Wildman–Crippen LogP) is 4.01. The van der Waals surface area contributed by atoms with Gasteiger partial charge in [-0.2, -0.15) is 0 Å². The molecule has 0 aromatic heterocycles. The summed E-state index contributed by atoms with van der Waals surface area (Å²) in [6.07, 6.45) is 0.285. The summed E-state index contributed by atoms with van der Waals surface area (Å²) < 4.78 is 0. The summed E-state index contributed by atoms with van der Waals surface area (Å²) in [4.78, 5) is 13.8. The van der Waals surface area contributed by atoms with Crippen LogP contribution in [0.25, 0.3) is 0 Å². The van der Waals surface area contributed by atoms with Crippen molar-refractivity contribution < 1.29 is 4.79 Å². The van der Waals surface area contributed by atoms with Crippen LogP contribution < -0.4 is 0 Å². The van der Waals surface area contributed by atoms with E-state index < -0.39 is 0 Å². The molecule has 100 valence electrons. The van der Waals surface area contributed by atoms with Gasteiger partial charge < -0.3 is 4.90 Å². The molecular formula is C13H16Cl3NO. The van der Waals surface area contributed by atoms with Gasteiger partial charge in [-0.1, -0.05) is 29.3 Å². The number of nitrogens with zero attached hydrogens (tertiary/aromatic N) is 1. The van der Waals surface area contributed by atoms with E-state index >= 15 is 0 Å². The van der Waals surface area contributed by atoms with Crippen molar-refractivity contribution in [2.24, 2.45) is 0 Å². The number of hydrogen-bond donors (Lipinski definition) is 0. The van der Waals surface area contributed by atoms with E-state index in [9.17, 15) is 4.79 Å². The fourth-order valence-electron chi connectivity index (χ4n) is 1.37. The molecule has 0 bridgehead atoms. The number of hydrogen-bond acceptors (Lipinski definition) is 1. The van der Waals surface area contributed by atoms with Crippen molar-refractivity contribution in [1.29, 1.82) is 0 Å². The zero-order valence-electron chi connectivity index (χ0n) is 10.6. The highest BCUT2D eigenvalue weighted by atomic mass is 35.5. The monoisotopic (exact) mass is 307 g/mol. The molecule has 0 saturated heterocycles. The number of benzene rings is 1. The zero-order chi connectivity index (χ0) is 13.9. The predicted molar refractivity (Wildman–Crippen MR) is 77.7 cm³/mol. The van der Waals surface area contributed by atoms with Gasteiger partial charge in [0.25, 0.3) is 0 Å². The molecule has 0 atom stereocenters. The molecule has 0 heterocycles. The molecule has 1 amide bonds. The van der Waals surface area contributed by atoms with Crippen molar-refractivity contribution in [1.82, 2.24) is 4.90 Å². The van der Waals surface area contributed by atoms with E-state index in [1.54, 1.807) is 30.1 Å². The Labute approximate surface area is 123 Å². The summed E-state index contributed by atoms with van der Waals surface area (Å²) in [5, 5.41) is 0.948. The molecule has 1 rings (SSSR count). The minimum atomic E-state index is -0.366. The van der Waals surface area contributed by atoms with Crippen molar-refractivity contribution in [2.75, 3.05) is 12.9 Å². The lowest BCUT2D eigenvalue weighted by atomic mass is 10.0. The molecule has 0 aliphatic rings. The molecule has 1 aromatic carbocycles. The van der Waals surface area contributed by atoms with E-state index in [0.717, 1.165) is 5.56 Å². The van der Waals surface area contributed by atoms with Crippen LogP contribution in [0.2, 0.25) is 10.0 Å². The molecule has 2 nitrogen and oxygen atoms in total. The van der Waals surface area contributed by atoms with Gasteiger partial charge in [0.15, 0.2) is 0 Å². The Bertz CT molecular complexity index is 446. The molecule has 5 heteroatoms. The van der Waals surface area contributed by atoms with Crippen LogP contribution in [0, 0.1) is 0 Å². The van der Waals surface area contributed by atoms with Gasteiger partial charge in [0.1, 0.15) is 0 Å². The Balaban J connectivity index is 2.78. The maximum Gasteiger partial charge on any atom is 0.227 e. The van der Waals surface area contributed by atoms with E-state index in [2.05, 4.69) is 0 Å². The maximum atomic E-state index is 12.1. The summed E-state index contributed by atoms with van der Waals surface area (Å²) in [7, 11) is 1.75. The molecule has 0 aliphatic carbocycles. The lowest BCUT2D eigenvalue weighted by Crippen LogP contribution is -2.47. The number of carbonyl (C=O) groups excluding carboxylic acids is 1. The molecule has 0 radical (unpaired) electrons. The number of rotatable bonds is 4. The number of halogens is 3. The van der Waals surface area contributed by atoms with Crippen molar-refractivity contribution in [2.45, 2.75) is 25.8 Å².